The van der Waals surface area contributed by atoms with Gasteiger partial charge in [0.15, 0.2) is 0 Å². The molecular weight excluding hydrogens is 272 g/mol. The second-order valence-corrected chi connectivity index (χ2v) is 4.60. The molecule has 0 spiro atoms. The smallest absolute Gasteiger partial charge is 0.320 e. The van der Waals surface area contributed by atoms with E-state index < -0.39 is 0 Å². The van der Waals surface area contributed by atoms with Crippen molar-refractivity contribution in [1.82, 2.24) is 10.3 Å². The van der Waals surface area contributed by atoms with Gasteiger partial charge in [-0.15, -0.1) is 0 Å². The first-order chi connectivity index (χ1) is 7.63. The van der Waals surface area contributed by atoms with E-state index in [1.165, 1.54) is 7.11 Å². The van der Waals surface area contributed by atoms with Crippen LogP contribution in [0.25, 0.3) is 0 Å². The third-order valence-electron chi connectivity index (χ3n) is 2.04. The maximum atomic E-state index is 11.1. The molecule has 0 aromatic carbocycles. The molecule has 0 fully saturated rings. The number of esters is 1. The van der Waals surface area contributed by atoms with E-state index in [0.717, 1.165) is 11.1 Å². The summed E-state index contributed by atoms with van der Waals surface area (Å²) in [6, 6.07) is 2.06. The molecule has 1 N–H and O–H groups in total. The minimum atomic E-state index is -0.310. The molecule has 0 bridgehead atoms. The van der Waals surface area contributed by atoms with E-state index in [9.17, 15) is 4.79 Å². The quantitative estimate of drug-likeness (QED) is 0.657. The van der Waals surface area contributed by atoms with Crippen molar-refractivity contribution in [3.8, 4) is 0 Å². The second-order valence-electron chi connectivity index (χ2n) is 3.49. The molecule has 1 aromatic heterocycles. The predicted molar refractivity (Wildman–Crippen MR) is 65.4 cm³/mol. The number of halogens is 1. The van der Waals surface area contributed by atoms with Crippen LogP contribution >= 0.6 is 15.9 Å². The van der Waals surface area contributed by atoms with Crippen LogP contribution in [-0.2, 0) is 16.1 Å². The van der Waals surface area contributed by atoms with Gasteiger partial charge in [0.1, 0.15) is 4.83 Å². The fourth-order valence-corrected chi connectivity index (χ4v) is 1.68. The monoisotopic (exact) mass is 286 g/mol. The number of carbonyl (C=O) groups is 1. The van der Waals surface area contributed by atoms with Crippen LogP contribution in [0.3, 0.4) is 0 Å². The Balaban J connectivity index is 2.33. The molecule has 0 saturated heterocycles. The van der Waals surface area contributed by atoms with E-state index >= 15 is 0 Å². The first kappa shape index (κ1) is 13.1. The van der Waals surface area contributed by atoms with Crippen molar-refractivity contribution < 1.29 is 9.53 Å². The van der Waals surface area contributed by atoms with Gasteiger partial charge < -0.3 is 10.1 Å². The number of carbonyl (C=O) groups excluding carboxylic acids is 1. The predicted octanol–water partition coefficient (Wildman–Crippen LogP) is 1.42. The van der Waals surface area contributed by atoms with Crippen LogP contribution in [0.5, 0.6) is 0 Å². The molecule has 0 aliphatic carbocycles. The number of rotatable bonds is 5. The molecule has 1 heterocycles. The van der Waals surface area contributed by atoms with E-state index in [-0.39, 0.29) is 10.8 Å². The van der Waals surface area contributed by atoms with E-state index in [2.05, 4.69) is 37.0 Å². The number of ether oxygens (including phenoxy) is 1. The molecule has 0 saturated carbocycles. The van der Waals surface area contributed by atoms with Crippen molar-refractivity contribution in [3.63, 3.8) is 0 Å². The van der Waals surface area contributed by atoms with Crippen molar-refractivity contribution >= 4 is 21.9 Å². The van der Waals surface area contributed by atoms with Gasteiger partial charge in [-0.05, 0) is 18.1 Å². The summed E-state index contributed by atoms with van der Waals surface area (Å²) in [5, 5.41) is 3.16. The number of alkyl halides is 1. The summed E-state index contributed by atoms with van der Waals surface area (Å²) in [6.45, 7) is 3.21. The minimum absolute atomic E-state index is 0.269. The highest BCUT2D eigenvalue weighted by atomic mass is 79.9. The van der Waals surface area contributed by atoms with Gasteiger partial charge in [-0.1, -0.05) is 22.0 Å². The zero-order valence-corrected chi connectivity index (χ0v) is 11.0. The summed E-state index contributed by atoms with van der Waals surface area (Å²) in [7, 11) is 1.38. The number of nitrogens with one attached hydrogen (secondary N) is 1. The Labute approximate surface area is 104 Å². The Kier molecular flexibility index (Phi) is 5.42. The van der Waals surface area contributed by atoms with E-state index in [0.29, 0.717) is 13.1 Å². The molecule has 5 heteroatoms. The minimum Gasteiger partial charge on any atom is -0.468 e. The number of methoxy groups -OCH3 is 1. The van der Waals surface area contributed by atoms with Crippen LogP contribution in [0.15, 0.2) is 18.5 Å². The Morgan fingerprint density at radius 2 is 2.38 bits per heavy atom. The molecule has 1 aromatic rings. The number of aryl methyl sites for hydroxylation is 1. The van der Waals surface area contributed by atoms with E-state index in [1.807, 2.05) is 13.1 Å². The van der Waals surface area contributed by atoms with Gasteiger partial charge >= 0.3 is 5.97 Å². The molecule has 1 rings (SSSR count). The summed E-state index contributed by atoms with van der Waals surface area (Å²) in [6.07, 6.45) is 3.62. The van der Waals surface area contributed by atoms with E-state index in [1.54, 1.807) is 6.20 Å². The lowest BCUT2D eigenvalue weighted by molar-refractivity contribution is -0.139. The largest absolute Gasteiger partial charge is 0.468 e. The number of hydrogen-bond donors (Lipinski definition) is 1. The van der Waals surface area contributed by atoms with Crippen molar-refractivity contribution in [1.29, 1.82) is 0 Å². The van der Waals surface area contributed by atoms with Gasteiger partial charge in [-0.3, -0.25) is 9.78 Å². The topological polar surface area (TPSA) is 51.2 Å². The molecule has 0 radical (unpaired) electrons. The normalized spacial score (nSPS) is 12.2. The first-order valence-corrected chi connectivity index (χ1v) is 5.88. The maximum absolute atomic E-state index is 11.1. The molecule has 1 unspecified atom stereocenters. The summed E-state index contributed by atoms with van der Waals surface area (Å²) >= 11 is 3.24. The lowest BCUT2D eigenvalue weighted by Crippen LogP contribution is -2.29. The molecule has 4 nitrogen and oxygen atoms in total. The highest BCUT2D eigenvalue weighted by Crippen LogP contribution is 2.03. The Morgan fingerprint density at radius 3 is 3.00 bits per heavy atom. The standard InChI is InChI=1S/C11H15BrN2O2/c1-8-3-9(5-13-4-8)6-14-7-10(12)11(15)16-2/h3-5,10,14H,6-7H2,1-2H3. The number of pyridine rings is 1. The molecule has 16 heavy (non-hydrogen) atoms. The van der Waals surface area contributed by atoms with Crippen molar-refractivity contribution in [2.75, 3.05) is 13.7 Å². The number of aromatic nitrogens is 1. The van der Waals surface area contributed by atoms with Gasteiger partial charge in [0.05, 0.1) is 7.11 Å². The fourth-order valence-electron chi connectivity index (χ4n) is 1.27. The summed E-state index contributed by atoms with van der Waals surface area (Å²) in [5.74, 6) is -0.269. The van der Waals surface area contributed by atoms with Crippen molar-refractivity contribution in [2.45, 2.75) is 18.3 Å². The second kappa shape index (κ2) is 6.60. The lowest BCUT2D eigenvalue weighted by atomic mass is 10.2. The van der Waals surface area contributed by atoms with Crippen LogP contribution in [0.4, 0.5) is 0 Å². The summed E-state index contributed by atoms with van der Waals surface area (Å²) < 4.78 is 4.60. The van der Waals surface area contributed by atoms with Crippen LogP contribution in [0.1, 0.15) is 11.1 Å². The van der Waals surface area contributed by atoms with Gasteiger partial charge in [0, 0.05) is 25.5 Å². The van der Waals surface area contributed by atoms with Gasteiger partial charge in [0.2, 0.25) is 0 Å². The first-order valence-electron chi connectivity index (χ1n) is 4.96. The fraction of sp³-hybridized carbons (Fsp3) is 0.455. The molecular formula is C11H15BrN2O2. The van der Waals surface area contributed by atoms with Crippen molar-refractivity contribution in [2.24, 2.45) is 0 Å². The van der Waals surface area contributed by atoms with Crippen LogP contribution in [-0.4, -0.2) is 29.4 Å². The average Bonchev–Trinajstić information content (AvgIpc) is 2.28. The zero-order chi connectivity index (χ0) is 12.0. The van der Waals surface area contributed by atoms with Gasteiger partial charge in [-0.25, -0.2) is 0 Å². The Hall–Kier alpha value is -0.940. The van der Waals surface area contributed by atoms with Crippen LogP contribution < -0.4 is 5.32 Å². The third-order valence-corrected chi connectivity index (χ3v) is 2.74. The number of nitrogens with zero attached hydrogens (tertiary/aromatic N) is 1. The Bertz CT molecular complexity index is 358. The lowest BCUT2D eigenvalue weighted by Gasteiger charge is -2.09. The van der Waals surface area contributed by atoms with Crippen molar-refractivity contribution in [3.05, 3.63) is 29.6 Å². The van der Waals surface area contributed by atoms with E-state index in [4.69, 9.17) is 0 Å². The highest BCUT2D eigenvalue weighted by molar-refractivity contribution is 9.10. The maximum Gasteiger partial charge on any atom is 0.320 e. The molecule has 88 valence electrons. The van der Waals surface area contributed by atoms with Crippen LogP contribution in [0, 0.1) is 6.92 Å². The van der Waals surface area contributed by atoms with Gasteiger partial charge in [-0.2, -0.15) is 0 Å². The highest BCUT2D eigenvalue weighted by Gasteiger charge is 2.13. The molecule has 0 amide bonds. The Morgan fingerprint density at radius 1 is 1.62 bits per heavy atom. The molecule has 1 atom stereocenters. The van der Waals surface area contributed by atoms with Gasteiger partial charge in [0.25, 0.3) is 0 Å². The van der Waals surface area contributed by atoms with Crippen LogP contribution in [0.2, 0.25) is 0 Å². The third kappa shape index (κ3) is 4.28. The zero-order valence-electron chi connectivity index (χ0n) is 9.37. The molecule has 0 aliphatic heterocycles. The average molecular weight is 287 g/mol. The molecule has 0 aliphatic rings. The summed E-state index contributed by atoms with van der Waals surface area (Å²) in [4.78, 5) is 14.9. The number of hydrogen-bond acceptors (Lipinski definition) is 4. The summed E-state index contributed by atoms with van der Waals surface area (Å²) in [5.41, 5.74) is 2.23. The SMILES string of the molecule is COC(=O)C(Br)CNCc1cncc(C)c1.